The van der Waals surface area contributed by atoms with Gasteiger partial charge in [0.15, 0.2) is 0 Å². The van der Waals surface area contributed by atoms with Crippen LogP contribution in [0.25, 0.3) is 0 Å². The van der Waals surface area contributed by atoms with Gasteiger partial charge in [0.1, 0.15) is 6.10 Å². The number of carbonyl (C=O) groups excluding carboxylic acids is 1. The summed E-state index contributed by atoms with van der Waals surface area (Å²) in [5.41, 5.74) is 0. The SMILES string of the molecule is CC(=O)OC1CCC2CCC1N2C. The molecule has 0 spiro atoms. The maximum absolute atomic E-state index is 10.9. The third-order valence-electron chi connectivity index (χ3n) is 3.43. The van der Waals surface area contributed by atoms with Gasteiger partial charge in [-0.05, 0) is 32.7 Å². The fourth-order valence-electron chi connectivity index (χ4n) is 2.74. The summed E-state index contributed by atoms with van der Waals surface area (Å²) in [6, 6.07) is 1.24. The second-order valence-corrected chi connectivity index (χ2v) is 4.19. The van der Waals surface area contributed by atoms with E-state index in [-0.39, 0.29) is 12.1 Å². The molecule has 2 fully saturated rings. The molecule has 13 heavy (non-hydrogen) atoms. The van der Waals surface area contributed by atoms with E-state index in [0.29, 0.717) is 6.04 Å². The Hall–Kier alpha value is -0.570. The van der Waals surface area contributed by atoms with Gasteiger partial charge in [0.25, 0.3) is 0 Å². The van der Waals surface area contributed by atoms with Crippen molar-refractivity contribution in [3.8, 4) is 0 Å². The van der Waals surface area contributed by atoms with Crippen molar-refractivity contribution < 1.29 is 9.53 Å². The normalized spacial score (nSPS) is 39.1. The van der Waals surface area contributed by atoms with Crippen LogP contribution in [0.4, 0.5) is 0 Å². The molecule has 0 N–H and O–H groups in total. The summed E-state index contributed by atoms with van der Waals surface area (Å²) in [5, 5.41) is 0. The van der Waals surface area contributed by atoms with Gasteiger partial charge in [-0.3, -0.25) is 9.69 Å². The van der Waals surface area contributed by atoms with E-state index in [1.807, 2.05) is 0 Å². The Labute approximate surface area is 79.0 Å². The van der Waals surface area contributed by atoms with Crippen LogP contribution in [-0.4, -0.2) is 36.1 Å². The molecule has 2 saturated heterocycles. The lowest BCUT2D eigenvalue weighted by Gasteiger charge is -2.36. The third-order valence-corrected chi connectivity index (χ3v) is 3.43. The van der Waals surface area contributed by atoms with Crippen LogP contribution in [0.15, 0.2) is 0 Å². The Morgan fingerprint density at radius 2 is 2.00 bits per heavy atom. The van der Waals surface area contributed by atoms with Crippen LogP contribution in [0.2, 0.25) is 0 Å². The maximum Gasteiger partial charge on any atom is 0.302 e. The van der Waals surface area contributed by atoms with Crippen LogP contribution in [0, 0.1) is 0 Å². The zero-order chi connectivity index (χ0) is 9.42. The van der Waals surface area contributed by atoms with Crippen molar-refractivity contribution in [2.45, 2.75) is 50.8 Å². The topological polar surface area (TPSA) is 29.5 Å². The van der Waals surface area contributed by atoms with Gasteiger partial charge in [0.05, 0.1) is 0 Å². The van der Waals surface area contributed by atoms with Gasteiger partial charge in [-0.1, -0.05) is 0 Å². The molecule has 0 aromatic heterocycles. The van der Waals surface area contributed by atoms with Gasteiger partial charge in [0, 0.05) is 19.0 Å². The Balaban J connectivity index is 2.01. The highest BCUT2D eigenvalue weighted by molar-refractivity contribution is 5.66. The van der Waals surface area contributed by atoms with E-state index >= 15 is 0 Å². The highest BCUT2D eigenvalue weighted by Gasteiger charge is 2.41. The molecule has 3 heteroatoms. The molecule has 0 amide bonds. The molecule has 0 radical (unpaired) electrons. The van der Waals surface area contributed by atoms with Gasteiger partial charge in [0.2, 0.25) is 0 Å². The van der Waals surface area contributed by atoms with Crippen molar-refractivity contribution in [3.05, 3.63) is 0 Å². The first-order valence-corrected chi connectivity index (χ1v) is 5.07. The first kappa shape index (κ1) is 9.00. The largest absolute Gasteiger partial charge is 0.461 e. The molecule has 3 nitrogen and oxygen atoms in total. The minimum atomic E-state index is -0.135. The van der Waals surface area contributed by atoms with E-state index in [1.54, 1.807) is 0 Å². The molecule has 3 unspecified atom stereocenters. The zero-order valence-corrected chi connectivity index (χ0v) is 8.32. The summed E-state index contributed by atoms with van der Waals surface area (Å²) in [6.45, 7) is 1.50. The van der Waals surface area contributed by atoms with Crippen LogP contribution in [-0.2, 0) is 9.53 Å². The highest BCUT2D eigenvalue weighted by Crippen LogP contribution is 2.35. The van der Waals surface area contributed by atoms with Crippen LogP contribution in [0.1, 0.15) is 32.6 Å². The van der Waals surface area contributed by atoms with Gasteiger partial charge in [-0.2, -0.15) is 0 Å². The minimum Gasteiger partial charge on any atom is -0.461 e. The third kappa shape index (κ3) is 1.57. The number of hydrogen-bond acceptors (Lipinski definition) is 3. The molecule has 0 aliphatic carbocycles. The van der Waals surface area contributed by atoms with Crippen LogP contribution >= 0.6 is 0 Å². The van der Waals surface area contributed by atoms with E-state index in [2.05, 4.69) is 11.9 Å². The number of rotatable bonds is 1. The lowest BCUT2D eigenvalue weighted by atomic mass is 10.0. The van der Waals surface area contributed by atoms with Crippen molar-refractivity contribution in [1.29, 1.82) is 0 Å². The number of likely N-dealkylation sites (N-methyl/N-ethyl adjacent to an activating group) is 1. The van der Waals surface area contributed by atoms with Crippen molar-refractivity contribution in [2.75, 3.05) is 7.05 Å². The maximum atomic E-state index is 10.9. The number of hydrogen-bond donors (Lipinski definition) is 0. The van der Waals surface area contributed by atoms with Crippen LogP contribution < -0.4 is 0 Å². The van der Waals surface area contributed by atoms with Gasteiger partial charge in [-0.25, -0.2) is 0 Å². The first-order chi connectivity index (χ1) is 6.18. The minimum absolute atomic E-state index is 0.135. The summed E-state index contributed by atoms with van der Waals surface area (Å²) >= 11 is 0. The quantitative estimate of drug-likeness (QED) is 0.572. The molecule has 2 rings (SSSR count). The molecular weight excluding hydrogens is 166 g/mol. The average molecular weight is 183 g/mol. The molecule has 2 heterocycles. The first-order valence-electron chi connectivity index (χ1n) is 5.07. The second-order valence-electron chi connectivity index (χ2n) is 4.19. The molecule has 2 aliphatic heterocycles. The summed E-state index contributed by atoms with van der Waals surface area (Å²) in [6.07, 6.45) is 4.86. The summed E-state index contributed by atoms with van der Waals surface area (Å²) < 4.78 is 5.31. The van der Waals surface area contributed by atoms with E-state index in [0.717, 1.165) is 12.5 Å². The molecule has 74 valence electrons. The Morgan fingerprint density at radius 1 is 1.31 bits per heavy atom. The number of carbonyl (C=O) groups is 1. The number of esters is 1. The average Bonchev–Trinajstić information content (AvgIpc) is 2.31. The van der Waals surface area contributed by atoms with E-state index in [4.69, 9.17) is 4.74 Å². The molecule has 2 aliphatic rings. The number of fused-ring (bicyclic) bond motifs is 2. The predicted molar refractivity (Wildman–Crippen MR) is 49.4 cm³/mol. The van der Waals surface area contributed by atoms with Gasteiger partial charge >= 0.3 is 5.97 Å². The van der Waals surface area contributed by atoms with Gasteiger partial charge < -0.3 is 4.74 Å². The van der Waals surface area contributed by atoms with E-state index in [9.17, 15) is 4.79 Å². The van der Waals surface area contributed by atoms with Crippen molar-refractivity contribution in [1.82, 2.24) is 4.90 Å². The molecule has 3 atom stereocenters. The highest BCUT2D eigenvalue weighted by atomic mass is 16.5. The number of ether oxygens (including phenoxy) is 1. The molecule has 0 aromatic carbocycles. The lowest BCUT2D eigenvalue weighted by Crippen LogP contribution is -2.46. The van der Waals surface area contributed by atoms with E-state index < -0.39 is 0 Å². The molecule has 0 aromatic rings. The zero-order valence-electron chi connectivity index (χ0n) is 8.32. The van der Waals surface area contributed by atoms with Crippen molar-refractivity contribution in [2.24, 2.45) is 0 Å². The monoisotopic (exact) mass is 183 g/mol. The summed E-state index contributed by atoms with van der Waals surface area (Å²) in [5.74, 6) is -0.135. The molecule has 0 saturated carbocycles. The van der Waals surface area contributed by atoms with Crippen molar-refractivity contribution in [3.63, 3.8) is 0 Å². The Morgan fingerprint density at radius 3 is 2.69 bits per heavy atom. The van der Waals surface area contributed by atoms with Crippen LogP contribution in [0.5, 0.6) is 0 Å². The summed E-state index contributed by atoms with van der Waals surface area (Å²) in [7, 11) is 2.15. The smallest absolute Gasteiger partial charge is 0.302 e. The lowest BCUT2D eigenvalue weighted by molar-refractivity contribution is -0.151. The standard InChI is InChI=1S/C10H17NO2/c1-7(12)13-10-6-4-8-3-5-9(10)11(8)2/h8-10H,3-6H2,1-2H3. The van der Waals surface area contributed by atoms with Crippen molar-refractivity contribution >= 4 is 5.97 Å². The number of nitrogens with zero attached hydrogens (tertiary/aromatic N) is 1. The van der Waals surface area contributed by atoms with Crippen LogP contribution in [0.3, 0.4) is 0 Å². The Bertz CT molecular complexity index is 217. The fraction of sp³-hybridized carbons (Fsp3) is 0.900. The summed E-state index contributed by atoms with van der Waals surface area (Å²) in [4.78, 5) is 13.2. The van der Waals surface area contributed by atoms with Gasteiger partial charge in [-0.15, -0.1) is 0 Å². The molecular formula is C10H17NO2. The number of piperidine rings is 1. The molecule has 2 bridgehead atoms. The van der Waals surface area contributed by atoms with E-state index in [1.165, 1.54) is 26.2 Å². The predicted octanol–water partition coefficient (Wildman–Crippen LogP) is 1.17. The fourth-order valence-corrected chi connectivity index (χ4v) is 2.74. The Kier molecular flexibility index (Phi) is 2.28. The second kappa shape index (κ2) is 3.29.